The first-order valence-electron chi connectivity index (χ1n) is 8.10. The van der Waals surface area contributed by atoms with Crippen LogP contribution in [-0.4, -0.2) is 63.9 Å². The van der Waals surface area contributed by atoms with Crippen LogP contribution in [0.15, 0.2) is 24.3 Å². The van der Waals surface area contributed by atoms with Crippen molar-refractivity contribution in [2.45, 2.75) is 25.9 Å². The molecule has 1 saturated heterocycles. The molecule has 2 atom stereocenters. The van der Waals surface area contributed by atoms with Gasteiger partial charge < -0.3 is 9.88 Å². The highest BCUT2D eigenvalue weighted by Gasteiger charge is 2.35. The molecule has 2 aliphatic heterocycles. The number of hydrogen-bond donors (Lipinski definition) is 3. The fourth-order valence-electron chi connectivity index (χ4n) is 3.69. The molecule has 3 N–H and O–H groups in total. The molecule has 2 aromatic rings. The first kappa shape index (κ1) is 17.9. The highest BCUT2D eigenvalue weighted by molar-refractivity contribution is 7.79. The predicted molar refractivity (Wildman–Crippen MR) is 92.9 cm³/mol. The zero-order chi connectivity index (χ0) is 18.2. The van der Waals surface area contributed by atoms with E-state index in [1.165, 1.54) is 10.9 Å². The largest absolute Gasteiger partial charge is 0.394 e. The molecule has 0 spiro atoms. The van der Waals surface area contributed by atoms with Gasteiger partial charge in [-0.3, -0.25) is 18.8 Å². The van der Waals surface area contributed by atoms with Gasteiger partial charge in [0.2, 0.25) is 0 Å². The Morgan fingerprint density at radius 2 is 1.96 bits per heavy atom. The molecule has 0 saturated carbocycles. The lowest BCUT2D eigenvalue weighted by atomic mass is 10.1. The van der Waals surface area contributed by atoms with E-state index in [0.717, 1.165) is 43.8 Å². The summed E-state index contributed by atoms with van der Waals surface area (Å²) in [6.07, 6.45) is 1.10. The monoisotopic (exact) mass is 367 g/mol. The lowest BCUT2D eigenvalue weighted by molar-refractivity contribution is 0.0676. The highest BCUT2D eigenvalue weighted by Crippen LogP contribution is 2.30. The third kappa shape index (κ3) is 3.84. The van der Waals surface area contributed by atoms with Crippen LogP contribution in [0.1, 0.15) is 29.4 Å². The van der Waals surface area contributed by atoms with Crippen LogP contribution in [-0.2, 0) is 16.9 Å². The number of likely N-dealkylation sites (N-methyl/N-ethyl adjacent to an activating group) is 1. The number of para-hydroxylation sites is 1. The van der Waals surface area contributed by atoms with Crippen molar-refractivity contribution in [1.82, 2.24) is 14.8 Å². The van der Waals surface area contributed by atoms with E-state index in [1.807, 2.05) is 17.0 Å². The fraction of sp³-hybridized carbons (Fsp3) is 0.438. The maximum atomic E-state index is 12.9. The van der Waals surface area contributed by atoms with Gasteiger partial charge in [0.05, 0.1) is 0 Å². The molecule has 3 heterocycles. The zero-order valence-electron chi connectivity index (χ0n) is 13.8. The molecule has 1 amide bonds. The molecule has 1 aromatic heterocycles. The number of aromatic nitrogens is 1. The molecule has 0 aliphatic carbocycles. The van der Waals surface area contributed by atoms with Crippen molar-refractivity contribution in [2.24, 2.45) is 0 Å². The number of nitrogens with one attached hydrogen (secondary N) is 1. The van der Waals surface area contributed by atoms with Crippen LogP contribution < -0.4 is 0 Å². The Labute approximate surface area is 146 Å². The average molecular weight is 367 g/mol. The molecule has 0 radical (unpaired) electrons. The smallest absolute Gasteiger partial charge is 0.350 e. The average Bonchev–Trinajstić information content (AvgIpc) is 3.12. The summed E-state index contributed by atoms with van der Waals surface area (Å²) in [7, 11) is -4.67. The lowest BCUT2D eigenvalue weighted by Crippen LogP contribution is -2.43. The van der Waals surface area contributed by atoms with Gasteiger partial charge in [0.15, 0.2) is 0 Å². The zero-order valence-corrected chi connectivity index (χ0v) is 14.7. The van der Waals surface area contributed by atoms with Crippen molar-refractivity contribution < 1.29 is 22.3 Å². The summed E-state index contributed by atoms with van der Waals surface area (Å²) in [5, 5.41) is 1.19. The van der Waals surface area contributed by atoms with Crippen molar-refractivity contribution in [2.75, 3.05) is 19.6 Å². The van der Waals surface area contributed by atoms with E-state index in [4.69, 9.17) is 17.5 Å². The van der Waals surface area contributed by atoms with E-state index in [0.29, 0.717) is 6.04 Å². The predicted octanol–water partition coefficient (Wildman–Crippen LogP) is 1.57. The van der Waals surface area contributed by atoms with Crippen molar-refractivity contribution in [3.63, 3.8) is 0 Å². The number of hydrogen-bond acceptors (Lipinski definition) is 4. The SMILES string of the molecule is CCN1C(=O)c2[nH]c3ccccc3c2CN2CCC1C2.O=S(=O)(O)O. The maximum Gasteiger partial charge on any atom is 0.394 e. The summed E-state index contributed by atoms with van der Waals surface area (Å²) in [6.45, 7) is 5.85. The minimum absolute atomic E-state index is 0.172. The van der Waals surface area contributed by atoms with E-state index >= 15 is 0 Å². The minimum atomic E-state index is -4.67. The summed E-state index contributed by atoms with van der Waals surface area (Å²) in [5.41, 5.74) is 3.04. The number of fused-ring (bicyclic) bond motifs is 5. The van der Waals surface area contributed by atoms with E-state index in [9.17, 15) is 4.79 Å². The molecule has 2 unspecified atom stereocenters. The molecular weight excluding hydrogens is 346 g/mol. The Bertz CT molecular complexity index is 884. The topological polar surface area (TPSA) is 114 Å². The number of benzene rings is 1. The van der Waals surface area contributed by atoms with E-state index in [1.54, 1.807) is 0 Å². The Balaban J connectivity index is 0.000000324. The number of rotatable bonds is 1. The molecule has 8 nitrogen and oxygen atoms in total. The Hall–Kier alpha value is -1.94. The fourth-order valence-corrected chi connectivity index (χ4v) is 3.69. The lowest BCUT2D eigenvalue weighted by Gasteiger charge is -2.30. The molecule has 1 fully saturated rings. The first-order chi connectivity index (χ1) is 11.8. The van der Waals surface area contributed by atoms with Crippen LogP contribution in [0.4, 0.5) is 0 Å². The summed E-state index contributed by atoms with van der Waals surface area (Å²) in [4.78, 5) is 20.7. The van der Waals surface area contributed by atoms with E-state index in [2.05, 4.69) is 28.9 Å². The van der Waals surface area contributed by atoms with Gasteiger partial charge in [-0.25, -0.2) is 0 Å². The van der Waals surface area contributed by atoms with Gasteiger partial charge in [0, 0.05) is 48.7 Å². The standard InChI is InChI=1S/C16H19N3O.H2O4S/c1-2-19-11-7-8-18(9-11)10-13-12-5-3-4-6-14(12)17-15(13)16(19)20;1-5(2,3)4/h3-6,11,17H,2,7-10H2,1H3;(H2,1,2,3,4). The summed E-state index contributed by atoms with van der Waals surface area (Å²) < 4.78 is 31.6. The second-order valence-electron chi connectivity index (χ2n) is 6.24. The van der Waals surface area contributed by atoms with Crippen molar-refractivity contribution in [3.8, 4) is 0 Å². The van der Waals surface area contributed by atoms with Gasteiger partial charge in [-0.05, 0) is 19.4 Å². The van der Waals surface area contributed by atoms with Gasteiger partial charge in [-0.2, -0.15) is 8.42 Å². The number of carbonyl (C=O) groups is 1. The minimum Gasteiger partial charge on any atom is -0.350 e. The van der Waals surface area contributed by atoms with E-state index < -0.39 is 10.4 Å². The molecule has 4 rings (SSSR count). The second kappa shape index (κ2) is 6.75. The number of amides is 1. The van der Waals surface area contributed by atoms with Gasteiger partial charge in [0.25, 0.3) is 5.91 Å². The van der Waals surface area contributed by atoms with Crippen molar-refractivity contribution >= 4 is 27.2 Å². The Kier molecular flexibility index (Phi) is 4.83. The second-order valence-corrected chi connectivity index (χ2v) is 7.14. The van der Waals surface area contributed by atoms with Crippen LogP contribution >= 0.6 is 0 Å². The molecule has 1 aromatic carbocycles. The molecule has 2 bridgehead atoms. The van der Waals surface area contributed by atoms with Crippen molar-refractivity contribution in [3.05, 3.63) is 35.5 Å². The number of aromatic amines is 1. The van der Waals surface area contributed by atoms with Gasteiger partial charge in [-0.1, -0.05) is 18.2 Å². The maximum absolute atomic E-state index is 12.9. The van der Waals surface area contributed by atoms with Crippen LogP contribution in [0, 0.1) is 0 Å². The quantitative estimate of drug-likeness (QED) is 0.659. The first-order valence-corrected chi connectivity index (χ1v) is 9.50. The van der Waals surface area contributed by atoms with Gasteiger partial charge in [-0.15, -0.1) is 0 Å². The molecular formula is C16H21N3O5S. The number of carbonyl (C=O) groups excluding carboxylic acids is 1. The third-order valence-electron chi connectivity index (χ3n) is 4.70. The van der Waals surface area contributed by atoms with Crippen LogP contribution in [0.2, 0.25) is 0 Å². The molecule has 136 valence electrons. The summed E-state index contributed by atoms with van der Waals surface area (Å²) >= 11 is 0. The molecule has 25 heavy (non-hydrogen) atoms. The Morgan fingerprint density at radius 3 is 2.64 bits per heavy atom. The van der Waals surface area contributed by atoms with Crippen molar-refractivity contribution in [1.29, 1.82) is 0 Å². The third-order valence-corrected chi connectivity index (χ3v) is 4.70. The Morgan fingerprint density at radius 1 is 1.28 bits per heavy atom. The normalized spacial score (nSPS) is 22.8. The summed E-state index contributed by atoms with van der Waals surface area (Å²) in [5.74, 6) is 0.172. The molecule has 2 aliphatic rings. The van der Waals surface area contributed by atoms with E-state index in [-0.39, 0.29) is 5.91 Å². The number of nitrogens with zero attached hydrogens (tertiary/aromatic N) is 2. The van der Waals surface area contributed by atoms with Crippen LogP contribution in [0.5, 0.6) is 0 Å². The van der Waals surface area contributed by atoms with Crippen LogP contribution in [0.25, 0.3) is 10.9 Å². The van der Waals surface area contributed by atoms with Gasteiger partial charge in [0.1, 0.15) is 5.69 Å². The number of H-pyrrole nitrogens is 1. The highest BCUT2D eigenvalue weighted by atomic mass is 32.3. The summed E-state index contributed by atoms with van der Waals surface area (Å²) in [6, 6.07) is 8.61. The van der Waals surface area contributed by atoms with Gasteiger partial charge >= 0.3 is 10.4 Å². The molecule has 9 heteroatoms. The van der Waals surface area contributed by atoms with Crippen LogP contribution in [0.3, 0.4) is 0 Å².